The van der Waals surface area contributed by atoms with Crippen LogP contribution in [0.3, 0.4) is 0 Å². The van der Waals surface area contributed by atoms with Crippen molar-refractivity contribution in [2.45, 2.75) is 37.3 Å². The molecular weight excluding hydrogens is 452 g/mol. The van der Waals surface area contributed by atoms with E-state index in [1.165, 1.54) is 5.69 Å². The number of sulfonamides is 1. The molecule has 0 saturated carbocycles. The minimum Gasteiger partial charge on any atom is -0.381 e. The number of hydrogen-bond acceptors (Lipinski definition) is 6. The highest BCUT2D eigenvalue weighted by atomic mass is 32.2. The molecule has 4 rings (SSSR count). The van der Waals surface area contributed by atoms with Crippen LogP contribution >= 0.6 is 0 Å². The standard InChI is InChI=1S/C25H32N4O4S/c1-4-28(17-19-9-11-20(12-10-19)29-15-13-21(33-3)14-16-29)24(30)18-27(2)25-22-7-5-6-8-23(22)34(31,32)26-25/h5-12,21H,4,13-18H2,1-3H3. The molecule has 0 N–H and O–H groups in total. The Kier molecular flexibility index (Phi) is 7.23. The number of carbonyl (C=O) groups excluding carboxylic acids is 1. The van der Waals surface area contributed by atoms with Crippen LogP contribution in [0.1, 0.15) is 30.9 Å². The van der Waals surface area contributed by atoms with Gasteiger partial charge in [-0.1, -0.05) is 24.3 Å². The number of amidine groups is 1. The monoisotopic (exact) mass is 484 g/mol. The van der Waals surface area contributed by atoms with E-state index in [0.29, 0.717) is 30.6 Å². The number of benzene rings is 2. The van der Waals surface area contributed by atoms with Gasteiger partial charge in [0.05, 0.1) is 12.6 Å². The van der Waals surface area contributed by atoms with Gasteiger partial charge in [-0.25, -0.2) is 0 Å². The molecule has 2 heterocycles. The van der Waals surface area contributed by atoms with E-state index in [4.69, 9.17) is 4.74 Å². The number of anilines is 1. The Morgan fingerprint density at radius 2 is 1.79 bits per heavy atom. The highest BCUT2D eigenvalue weighted by Gasteiger charge is 2.31. The molecule has 1 fully saturated rings. The lowest BCUT2D eigenvalue weighted by molar-refractivity contribution is -0.131. The van der Waals surface area contributed by atoms with Gasteiger partial charge in [0.15, 0.2) is 5.84 Å². The number of methoxy groups -OCH3 is 1. The van der Waals surface area contributed by atoms with Crippen LogP contribution < -0.4 is 4.90 Å². The lowest BCUT2D eigenvalue weighted by Gasteiger charge is -2.33. The first-order chi connectivity index (χ1) is 16.3. The zero-order chi connectivity index (χ0) is 24.3. The minimum absolute atomic E-state index is 0.0447. The molecule has 182 valence electrons. The van der Waals surface area contributed by atoms with E-state index in [9.17, 15) is 13.2 Å². The Hall–Kier alpha value is -2.91. The van der Waals surface area contributed by atoms with Crippen molar-refractivity contribution in [3.8, 4) is 0 Å². The molecule has 0 spiro atoms. The maximum absolute atomic E-state index is 13.1. The second kappa shape index (κ2) is 10.1. The molecule has 0 aromatic heterocycles. The maximum Gasteiger partial charge on any atom is 0.285 e. The normalized spacial score (nSPS) is 17.3. The van der Waals surface area contributed by atoms with Crippen molar-refractivity contribution in [2.75, 3.05) is 45.2 Å². The van der Waals surface area contributed by atoms with Gasteiger partial charge in [-0.2, -0.15) is 8.42 Å². The van der Waals surface area contributed by atoms with E-state index in [2.05, 4.69) is 33.6 Å². The minimum atomic E-state index is -3.72. The average molecular weight is 485 g/mol. The van der Waals surface area contributed by atoms with E-state index in [1.807, 2.05) is 6.92 Å². The molecule has 0 radical (unpaired) electrons. The fourth-order valence-electron chi connectivity index (χ4n) is 4.50. The van der Waals surface area contributed by atoms with Gasteiger partial charge in [0, 0.05) is 51.6 Å². The van der Waals surface area contributed by atoms with Gasteiger partial charge in [-0.05, 0) is 49.6 Å². The second-order valence-corrected chi connectivity index (χ2v) is 10.3. The summed E-state index contributed by atoms with van der Waals surface area (Å²) in [5.74, 6) is 0.224. The zero-order valence-corrected chi connectivity index (χ0v) is 20.8. The van der Waals surface area contributed by atoms with E-state index in [-0.39, 0.29) is 17.3 Å². The quantitative estimate of drug-likeness (QED) is 0.601. The molecule has 0 atom stereocenters. The first-order valence-electron chi connectivity index (χ1n) is 11.6. The predicted molar refractivity (Wildman–Crippen MR) is 133 cm³/mol. The lowest BCUT2D eigenvalue weighted by Crippen LogP contribution is -2.40. The first-order valence-corrected chi connectivity index (χ1v) is 13.1. The fraction of sp³-hybridized carbons (Fsp3) is 0.440. The predicted octanol–water partition coefficient (Wildman–Crippen LogP) is 2.73. The van der Waals surface area contributed by atoms with Crippen molar-refractivity contribution in [1.82, 2.24) is 9.80 Å². The van der Waals surface area contributed by atoms with Gasteiger partial charge in [-0.15, -0.1) is 4.40 Å². The van der Waals surface area contributed by atoms with Gasteiger partial charge in [0.2, 0.25) is 5.91 Å². The van der Waals surface area contributed by atoms with Crippen LogP contribution in [-0.4, -0.2) is 76.4 Å². The number of nitrogens with zero attached hydrogens (tertiary/aromatic N) is 4. The topological polar surface area (TPSA) is 82.5 Å². The van der Waals surface area contributed by atoms with Crippen molar-refractivity contribution in [2.24, 2.45) is 4.40 Å². The molecule has 1 saturated heterocycles. The average Bonchev–Trinajstić information content (AvgIpc) is 3.14. The summed E-state index contributed by atoms with van der Waals surface area (Å²) in [7, 11) is -0.246. The third kappa shape index (κ3) is 5.10. The molecule has 8 nitrogen and oxygen atoms in total. The van der Waals surface area contributed by atoms with Crippen molar-refractivity contribution >= 4 is 27.5 Å². The number of rotatable bonds is 7. The summed E-state index contributed by atoms with van der Waals surface area (Å²) in [6.45, 7) is 5.00. The molecule has 0 unspecified atom stereocenters. The number of carbonyl (C=O) groups is 1. The van der Waals surface area contributed by atoms with Gasteiger partial charge in [-0.3, -0.25) is 4.79 Å². The van der Waals surface area contributed by atoms with Gasteiger partial charge in [0.1, 0.15) is 4.90 Å². The number of fused-ring (bicyclic) bond motifs is 1. The third-order valence-corrected chi connectivity index (χ3v) is 7.86. The molecule has 2 aliphatic rings. The van der Waals surface area contributed by atoms with E-state index >= 15 is 0 Å². The number of hydrogen-bond donors (Lipinski definition) is 0. The summed E-state index contributed by atoms with van der Waals surface area (Å²) < 4.78 is 34.0. The molecule has 34 heavy (non-hydrogen) atoms. The number of likely N-dealkylation sites (N-methyl/N-ethyl adjacent to an activating group) is 2. The van der Waals surface area contributed by atoms with E-state index in [0.717, 1.165) is 31.5 Å². The summed E-state index contributed by atoms with van der Waals surface area (Å²) >= 11 is 0. The van der Waals surface area contributed by atoms with E-state index in [1.54, 1.807) is 48.2 Å². The largest absolute Gasteiger partial charge is 0.381 e. The summed E-state index contributed by atoms with van der Waals surface area (Å²) in [5.41, 5.74) is 2.78. The molecule has 0 aliphatic carbocycles. The Morgan fingerprint density at radius 3 is 2.44 bits per heavy atom. The molecule has 9 heteroatoms. The first kappa shape index (κ1) is 24.2. The zero-order valence-electron chi connectivity index (χ0n) is 20.0. The van der Waals surface area contributed by atoms with Crippen LogP contribution in [0.4, 0.5) is 5.69 Å². The van der Waals surface area contributed by atoms with Gasteiger partial charge >= 0.3 is 0 Å². The molecule has 2 aliphatic heterocycles. The van der Waals surface area contributed by atoms with Crippen molar-refractivity contribution in [3.05, 3.63) is 59.7 Å². The van der Waals surface area contributed by atoms with Crippen LogP contribution in [0.15, 0.2) is 57.8 Å². The maximum atomic E-state index is 13.1. The molecular formula is C25H32N4O4S. The Morgan fingerprint density at radius 1 is 1.12 bits per heavy atom. The van der Waals surface area contributed by atoms with Crippen LogP contribution in [0.2, 0.25) is 0 Å². The highest BCUT2D eigenvalue weighted by Crippen LogP contribution is 2.27. The second-order valence-electron chi connectivity index (χ2n) is 8.74. The SMILES string of the molecule is CCN(Cc1ccc(N2CCC(OC)CC2)cc1)C(=O)CN(C)C1=NS(=O)(=O)c2ccccc21. The lowest BCUT2D eigenvalue weighted by atomic mass is 10.1. The van der Waals surface area contributed by atoms with Crippen LogP contribution in [-0.2, 0) is 26.1 Å². The molecule has 2 aromatic carbocycles. The van der Waals surface area contributed by atoms with Crippen molar-refractivity contribution in [3.63, 3.8) is 0 Å². The summed E-state index contributed by atoms with van der Waals surface area (Å²) in [4.78, 5) is 19.0. The van der Waals surface area contributed by atoms with Crippen LogP contribution in [0.25, 0.3) is 0 Å². The Bertz CT molecular complexity index is 1160. The van der Waals surface area contributed by atoms with E-state index < -0.39 is 10.0 Å². The fourth-order valence-corrected chi connectivity index (χ4v) is 5.75. The van der Waals surface area contributed by atoms with Crippen molar-refractivity contribution < 1.29 is 17.9 Å². The Labute approximate surface area is 201 Å². The molecule has 0 bridgehead atoms. The summed E-state index contributed by atoms with van der Waals surface area (Å²) in [6.07, 6.45) is 2.41. The molecule has 1 amide bonds. The number of amides is 1. The smallest absolute Gasteiger partial charge is 0.285 e. The Balaban J connectivity index is 1.38. The highest BCUT2D eigenvalue weighted by molar-refractivity contribution is 7.90. The van der Waals surface area contributed by atoms with Crippen LogP contribution in [0, 0.1) is 0 Å². The number of piperidine rings is 1. The summed E-state index contributed by atoms with van der Waals surface area (Å²) in [6, 6.07) is 15.1. The van der Waals surface area contributed by atoms with Gasteiger partial charge < -0.3 is 19.4 Å². The van der Waals surface area contributed by atoms with Crippen molar-refractivity contribution in [1.29, 1.82) is 0 Å². The van der Waals surface area contributed by atoms with Gasteiger partial charge in [0.25, 0.3) is 10.0 Å². The number of ether oxygens (including phenoxy) is 1. The van der Waals surface area contributed by atoms with Crippen LogP contribution in [0.5, 0.6) is 0 Å². The third-order valence-electron chi connectivity index (χ3n) is 6.53. The molecule has 2 aromatic rings. The summed E-state index contributed by atoms with van der Waals surface area (Å²) in [5, 5.41) is 0.